The van der Waals surface area contributed by atoms with Crippen molar-refractivity contribution in [3.05, 3.63) is 29.6 Å². The molecule has 2 atom stereocenters. The van der Waals surface area contributed by atoms with Crippen LogP contribution in [-0.2, 0) is 4.74 Å². The lowest BCUT2D eigenvalue weighted by atomic mass is 10.0. The number of rotatable bonds is 1. The molecular formula is C13H16N2O. The van der Waals surface area contributed by atoms with Gasteiger partial charge in [-0.25, -0.2) is 4.98 Å². The first-order valence-corrected chi connectivity index (χ1v) is 5.82. The van der Waals surface area contributed by atoms with Gasteiger partial charge >= 0.3 is 0 Å². The molecule has 1 aliphatic heterocycles. The maximum absolute atomic E-state index is 5.73. The van der Waals surface area contributed by atoms with E-state index in [0.29, 0.717) is 5.92 Å². The van der Waals surface area contributed by atoms with Crippen LogP contribution in [0.4, 0.5) is 0 Å². The highest BCUT2D eigenvalue weighted by Crippen LogP contribution is 2.33. The minimum Gasteiger partial charge on any atom is -0.370 e. The molecule has 1 saturated heterocycles. The van der Waals surface area contributed by atoms with Gasteiger partial charge in [-0.1, -0.05) is 19.1 Å². The maximum atomic E-state index is 5.73. The van der Waals surface area contributed by atoms with E-state index >= 15 is 0 Å². The summed E-state index contributed by atoms with van der Waals surface area (Å²) in [5.41, 5.74) is 3.39. The second-order valence-corrected chi connectivity index (χ2v) is 4.65. The van der Waals surface area contributed by atoms with Crippen LogP contribution < -0.4 is 0 Å². The van der Waals surface area contributed by atoms with Gasteiger partial charge in [-0.2, -0.15) is 0 Å². The fourth-order valence-corrected chi connectivity index (χ4v) is 2.37. The van der Waals surface area contributed by atoms with E-state index < -0.39 is 0 Å². The second kappa shape index (κ2) is 3.59. The Morgan fingerprint density at radius 2 is 2.31 bits per heavy atom. The number of hydrogen-bond donors (Lipinski definition) is 1. The molecular weight excluding hydrogens is 200 g/mol. The SMILES string of the molecule is Cc1cccc2[nH]c(C3OCCC3C)nc12. The van der Waals surface area contributed by atoms with E-state index in [9.17, 15) is 0 Å². The van der Waals surface area contributed by atoms with Gasteiger partial charge in [0.25, 0.3) is 0 Å². The highest BCUT2D eigenvalue weighted by molar-refractivity contribution is 5.78. The van der Waals surface area contributed by atoms with Crippen LogP contribution in [0.3, 0.4) is 0 Å². The molecule has 1 aliphatic rings. The molecule has 16 heavy (non-hydrogen) atoms. The van der Waals surface area contributed by atoms with Gasteiger partial charge in [0.1, 0.15) is 11.9 Å². The standard InChI is InChI=1S/C13H16N2O/c1-8-4-3-5-10-11(8)15-13(14-10)12-9(2)6-7-16-12/h3-5,9,12H,6-7H2,1-2H3,(H,14,15). The van der Waals surface area contributed by atoms with Gasteiger partial charge in [0.15, 0.2) is 0 Å². The molecule has 1 N–H and O–H groups in total. The number of fused-ring (bicyclic) bond motifs is 1. The smallest absolute Gasteiger partial charge is 0.136 e. The van der Waals surface area contributed by atoms with Crippen molar-refractivity contribution in [3.63, 3.8) is 0 Å². The summed E-state index contributed by atoms with van der Waals surface area (Å²) >= 11 is 0. The van der Waals surface area contributed by atoms with E-state index in [4.69, 9.17) is 4.74 Å². The van der Waals surface area contributed by atoms with E-state index in [1.807, 2.05) is 0 Å². The molecule has 0 bridgehead atoms. The predicted octanol–water partition coefficient (Wildman–Crippen LogP) is 2.97. The summed E-state index contributed by atoms with van der Waals surface area (Å²) < 4.78 is 5.73. The minimum absolute atomic E-state index is 0.145. The number of aryl methyl sites for hydroxylation is 1. The number of aromatic nitrogens is 2. The fraction of sp³-hybridized carbons (Fsp3) is 0.462. The molecule has 0 amide bonds. The van der Waals surface area contributed by atoms with Crippen LogP contribution in [0, 0.1) is 12.8 Å². The Morgan fingerprint density at radius 1 is 1.44 bits per heavy atom. The number of imidazole rings is 1. The van der Waals surface area contributed by atoms with E-state index in [1.54, 1.807) is 0 Å². The Labute approximate surface area is 94.8 Å². The number of nitrogens with zero attached hydrogens (tertiary/aromatic N) is 1. The Bertz CT molecular complexity index is 518. The summed E-state index contributed by atoms with van der Waals surface area (Å²) in [5.74, 6) is 1.54. The normalized spacial score (nSPS) is 25.4. The van der Waals surface area contributed by atoms with Gasteiger partial charge in [0, 0.05) is 6.61 Å². The van der Waals surface area contributed by atoms with E-state index in [-0.39, 0.29) is 6.10 Å². The van der Waals surface area contributed by atoms with Crippen molar-refractivity contribution in [2.24, 2.45) is 5.92 Å². The first-order chi connectivity index (χ1) is 7.75. The number of hydrogen-bond acceptors (Lipinski definition) is 2. The maximum Gasteiger partial charge on any atom is 0.136 e. The predicted molar refractivity (Wildman–Crippen MR) is 63.3 cm³/mol. The lowest BCUT2D eigenvalue weighted by molar-refractivity contribution is 0.0883. The average molecular weight is 216 g/mol. The zero-order chi connectivity index (χ0) is 11.1. The van der Waals surface area contributed by atoms with Crippen LogP contribution in [0.2, 0.25) is 0 Å². The lowest BCUT2D eigenvalue weighted by Gasteiger charge is -2.10. The molecule has 0 radical (unpaired) electrons. The third-order valence-electron chi connectivity index (χ3n) is 3.39. The Balaban J connectivity index is 2.08. The molecule has 0 spiro atoms. The average Bonchev–Trinajstić information content (AvgIpc) is 2.84. The van der Waals surface area contributed by atoms with Gasteiger partial charge in [-0.3, -0.25) is 0 Å². The second-order valence-electron chi connectivity index (χ2n) is 4.65. The van der Waals surface area contributed by atoms with Crippen molar-refractivity contribution in [2.45, 2.75) is 26.4 Å². The van der Waals surface area contributed by atoms with E-state index in [2.05, 4.69) is 42.0 Å². The Hall–Kier alpha value is -1.35. The van der Waals surface area contributed by atoms with Crippen LogP contribution in [0.25, 0.3) is 11.0 Å². The van der Waals surface area contributed by atoms with Crippen LogP contribution in [0.15, 0.2) is 18.2 Å². The number of H-pyrrole nitrogens is 1. The summed E-state index contributed by atoms with van der Waals surface area (Å²) in [6.07, 6.45) is 1.27. The molecule has 3 nitrogen and oxygen atoms in total. The van der Waals surface area contributed by atoms with Crippen LogP contribution in [0.5, 0.6) is 0 Å². The first kappa shape index (κ1) is 9.85. The van der Waals surface area contributed by atoms with Crippen molar-refractivity contribution < 1.29 is 4.74 Å². The molecule has 84 valence electrons. The van der Waals surface area contributed by atoms with Crippen molar-refractivity contribution in [1.29, 1.82) is 0 Å². The molecule has 3 rings (SSSR count). The van der Waals surface area contributed by atoms with E-state index in [0.717, 1.165) is 29.9 Å². The Morgan fingerprint density at radius 3 is 3.00 bits per heavy atom. The Kier molecular flexibility index (Phi) is 2.21. The van der Waals surface area contributed by atoms with Gasteiger partial charge in [0.05, 0.1) is 11.0 Å². The number of para-hydroxylation sites is 1. The molecule has 0 saturated carbocycles. The van der Waals surface area contributed by atoms with Gasteiger partial charge in [-0.05, 0) is 30.9 Å². The van der Waals surface area contributed by atoms with E-state index in [1.165, 1.54) is 5.56 Å². The lowest BCUT2D eigenvalue weighted by Crippen LogP contribution is -2.05. The quantitative estimate of drug-likeness (QED) is 0.795. The van der Waals surface area contributed by atoms with Gasteiger partial charge < -0.3 is 9.72 Å². The molecule has 1 aromatic heterocycles. The van der Waals surface area contributed by atoms with Crippen LogP contribution in [0.1, 0.15) is 30.8 Å². The number of aromatic amines is 1. The van der Waals surface area contributed by atoms with Crippen molar-refractivity contribution >= 4 is 11.0 Å². The van der Waals surface area contributed by atoms with Gasteiger partial charge in [-0.15, -0.1) is 0 Å². The summed E-state index contributed by atoms with van der Waals surface area (Å²) in [4.78, 5) is 8.04. The summed E-state index contributed by atoms with van der Waals surface area (Å²) in [6.45, 7) is 5.16. The number of nitrogens with one attached hydrogen (secondary N) is 1. The number of ether oxygens (including phenoxy) is 1. The first-order valence-electron chi connectivity index (χ1n) is 5.82. The zero-order valence-corrected chi connectivity index (χ0v) is 9.66. The minimum atomic E-state index is 0.145. The molecule has 1 fully saturated rings. The molecule has 3 heteroatoms. The van der Waals surface area contributed by atoms with Gasteiger partial charge in [0.2, 0.25) is 0 Å². The van der Waals surface area contributed by atoms with Crippen LogP contribution >= 0.6 is 0 Å². The molecule has 2 aromatic rings. The summed E-state index contributed by atoms with van der Waals surface area (Å²) in [7, 11) is 0. The van der Waals surface area contributed by atoms with Crippen molar-refractivity contribution in [2.75, 3.05) is 6.61 Å². The van der Waals surface area contributed by atoms with Crippen LogP contribution in [-0.4, -0.2) is 16.6 Å². The third kappa shape index (κ3) is 1.43. The molecule has 2 unspecified atom stereocenters. The summed E-state index contributed by atoms with van der Waals surface area (Å²) in [5, 5.41) is 0. The van der Waals surface area contributed by atoms with Crippen molar-refractivity contribution in [1.82, 2.24) is 9.97 Å². The highest BCUT2D eigenvalue weighted by atomic mass is 16.5. The summed E-state index contributed by atoms with van der Waals surface area (Å²) in [6, 6.07) is 6.21. The highest BCUT2D eigenvalue weighted by Gasteiger charge is 2.28. The number of benzene rings is 1. The van der Waals surface area contributed by atoms with Crippen molar-refractivity contribution in [3.8, 4) is 0 Å². The molecule has 2 heterocycles. The monoisotopic (exact) mass is 216 g/mol. The topological polar surface area (TPSA) is 37.9 Å². The molecule has 0 aliphatic carbocycles. The molecule has 1 aromatic carbocycles. The third-order valence-corrected chi connectivity index (χ3v) is 3.39. The largest absolute Gasteiger partial charge is 0.370 e. The fourth-order valence-electron chi connectivity index (χ4n) is 2.37. The zero-order valence-electron chi connectivity index (χ0n) is 9.66.